The number of thiazole rings is 1. The highest BCUT2D eigenvalue weighted by Crippen LogP contribution is 2.27. The van der Waals surface area contributed by atoms with Gasteiger partial charge in [0.15, 0.2) is 0 Å². The molecule has 1 amide bonds. The number of benzene rings is 1. The molecule has 0 spiro atoms. The lowest BCUT2D eigenvalue weighted by Crippen LogP contribution is -2.37. The second-order valence-corrected chi connectivity index (χ2v) is 6.75. The minimum Gasteiger partial charge on any atom is -0.376 e. The van der Waals surface area contributed by atoms with Crippen LogP contribution >= 0.6 is 11.3 Å². The van der Waals surface area contributed by atoms with Gasteiger partial charge in [0.05, 0.1) is 29.3 Å². The van der Waals surface area contributed by atoms with Gasteiger partial charge in [0, 0.05) is 12.0 Å². The Morgan fingerprint density at radius 3 is 2.87 bits per heavy atom. The van der Waals surface area contributed by atoms with E-state index in [0.717, 1.165) is 29.1 Å². The fourth-order valence-electron chi connectivity index (χ4n) is 2.80. The standard InChI is InChI=1S/C17H19FN2O2S/c1-11-19-14(10-23-11)9-16(21)20-17(15-3-2-8-22-15)12-4-6-13(18)7-5-12/h4-7,10,15,17H,2-3,8-9H2,1H3,(H,20,21). The van der Waals surface area contributed by atoms with Crippen LogP contribution in [0.3, 0.4) is 0 Å². The van der Waals surface area contributed by atoms with Crippen molar-refractivity contribution in [2.75, 3.05) is 6.61 Å². The van der Waals surface area contributed by atoms with Crippen LogP contribution in [0, 0.1) is 12.7 Å². The third kappa shape index (κ3) is 4.14. The van der Waals surface area contributed by atoms with Crippen LogP contribution in [-0.4, -0.2) is 23.6 Å². The average Bonchev–Trinajstić information content (AvgIpc) is 3.18. The van der Waals surface area contributed by atoms with Crippen LogP contribution in [0.5, 0.6) is 0 Å². The number of nitrogens with one attached hydrogen (secondary N) is 1. The molecule has 1 aromatic heterocycles. The summed E-state index contributed by atoms with van der Waals surface area (Å²) in [6.45, 7) is 2.61. The van der Waals surface area contributed by atoms with Gasteiger partial charge in [-0.05, 0) is 37.5 Å². The first kappa shape index (κ1) is 16.1. The SMILES string of the molecule is Cc1nc(CC(=O)NC(c2ccc(F)cc2)C2CCCO2)cs1. The summed E-state index contributed by atoms with van der Waals surface area (Å²) >= 11 is 1.53. The third-order valence-electron chi connectivity index (χ3n) is 3.89. The number of hydrogen-bond acceptors (Lipinski definition) is 4. The second-order valence-electron chi connectivity index (χ2n) is 5.68. The number of rotatable bonds is 5. The van der Waals surface area contributed by atoms with Crippen molar-refractivity contribution in [1.29, 1.82) is 0 Å². The lowest BCUT2D eigenvalue weighted by molar-refractivity contribution is -0.122. The number of aryl methyl sites for hydroxylation is 1. The van der Waals surface area contributed by atoms with Crippen LogP contribution in [0.1, 0.15) is 35.1 Å². The lowest BCUT2D eigenvalue weighted by Gasteiger charge is -2.24. The van der Waals surface area contributed by atoms with Crippen molar-refractivity contribution < 1.29 is 13.9 Å². The molecule has 122 valence electrons. The van der Waals surface area contributed by atoms with Crippen LogP contribution < -0.4 is 5.32 Å². The Morgan fingerprint density at radius 1 is 1.48 bits per heavy atom. The van der Waals surface area contributed by atoms with E-state index in [0.29, 0.717) is 6.61 Å². The summed E-state index contributed by atoms with van der Waals surface area (Å²) in [5.41, 5.74) is 1.64. The molecule has 2 unspecified atom stereocenters. The van der Waals surface area contributed by atoms with E-state index in [1.807, 2.05) is 12.3 Å². The van der Waals surface area contributed by atoms with Gasteiger partial charge in [0.25, 0.3) is 0 Å². The quantitative estimate of drug-likeness (QED) is 0.914. The molecule has 23 heavy (non-hydrogen) atoms. The van der Waals surface area contributed by atoms with E-state index in [4.69, 9.17) is 4.74 Å². The molecule has 1 aliphatic rings. The van der Waals surface area contributed by atoms with Crippen LogP contribution in [0.4, 0.5) is 4.39 Å². The molecule has 1 fully saturated rings. The number of carbonyl (C=O) groups is 1. The molecule has 0 saturated carbocycles. The summed E-state index contributed by atoms with van der Waals surface area (Å²) in [6.07, 6.45) is 2.04. The number of hydrogen-bond donors (Lipinski definition) is 1. The molecule has 2 atom stereocenters. The van der Waals surface area contributed by atoms with E-state index < -0.39 is 0 Å². The zero-order valence-electron chi connectivity index (χ0n) is 12.9. The summed E-state index contributed by atoms with van der Waals surface area (Å²) in [6, 6.07) is 5.97. The fraction of sp³-hybridized carbons (Fsp3) is 0.412. The smallest absolute Gasteiger partial charge is 0.226 e. The second kappa shape index (κ2) is 7.19. The largest absolute Gasteiger partial charge is 0.376 e. The molecule has 1 N–H and O–H groups in total. The Morgan fingerprint density at radius 2 is 2.26 bits per heavy atom. The van der Waals surface area contributed by atoms with Gasteiger partial charge in [0.2, 0.25) is 5.91 Å². The average molecular weight is 334 g/mol. The maximum Gasteiger partial charge on any atom is 0.226 e. The number of ether oxygens (including phenoxy) is 1. The van der Waals surface area contributed by atoms with Gasteiger partial charge in [-0.15, -0.1) is 11.3 Å². The van der Waals surface area contributed by atoms with Crippen molar-refractivity contribution in [3.8, 4) is 0 Å². The van der Waals surface area contributed by atoms with Gasteiger partial charge in [-0.3, -0.25) is 4.79 Å². The zero-order valence-corrected chi connectivity index (χ0v) is 13.7. The monoisotopic (exact) mass is 334 g/mol. The third-order valence-corrected chi connectivity index (χ3v) is 4.71. The molecule has 0 bridgehead atoms. The molecule has 4 nitrogen and oxygen atoms in total. The summed E-state index contributed by atoms with van der Waals surface area (Å²) in [5.74, 6) is -0.385. The first-order valence-corrected chi connectivity index (χ1v) is 8.57. The van der Waals surface area contributed by atoms with Gasteiger partial charge in [-0.1, -0.05) is 12.1 Å². The first-order chi connectivity index (χ1) is 11.1. The molecular weight excluding hydrogens is 315 g/mol. The van der Waals surface area contributed by atoms with Crippen LogP contribution in [0.15, 0.2) is 29.6 Å². The highest BCUT2D eigenvalue weighted by molar-refractivity contribution is 7.09. The van der Waals surface area contributed by atoms with Crippen molar-refractivity contribution in [3.05, 3.63) is 51.7 Å². The minimum atomic E-state index is -0.288. The maximum atomic E-state index is 13.2. The van der Waals surface area contributed by atoms with Crippen molar-refractivity contribution in [1.82, 2.24) is 10.3 Å². The predicted molar refractivity (Wildman–Crippen MR) is 86.8 cm³/mol. The highest BCUT2D eigenvalue weighted by Gasteiger charge is 2.28. The predicted octanol–water partition coefficient (Wildman–Crippen LogP) is 3.17. The summed E-state index contributed by atoms with van der Waals surface area (Å²) in [5, 5.41) is 5.87. The van der Waals surface area contributed by atoms with Crippen molar-refractivity contribution in [2.24, 2.45) is 0 Å². The van der Waals surface area contributed by atoms with Gasteiger partial charge in [0.1, 0.15) is 5.82 Å². The fourth-order valence-corrected chi connectivity index (χ4v) is 3.42. The number of halogens is 1. The molecule has 6 heteroatoms. The van der Waals surface area contributed by atoms with E-state index in [9.17, 15) is 9.18 Å². The van der Waals surface area contributed by atoms with E-state index >= 15 is 0 Å². The first-order valence-electron chi connectivity index (χ1n) is 7.69. The molecule has 1 aromatic carbocycles. The topological polar surface area (TPSA) is 51.2 Å². The van der Waals surface area contributed by atoms with Gasteiger partial charge in [-0.25, -0.2) is 9.37 Å². The van der Waals surface area contributed by atoms with Gasteiger partial charge < -0.3 is 10.1 Å². The number of nitrogens with zero attached hydrogens (tertiary/aromatic N) is 1. The molecule has 2 heterocycles. The summed E-state index contributed by atoms with van der Waals surface area (Å²) in [7, 11) is 0. The van der Waals surface area contributed by atoms with Gasteiger partial charge in [-0.2, -0.15) is 0 Å². The number of carbonyl (C=O) groups excluding carboxylic acids is 1. The zero-order chi connectivity index (χ0) is 16.2. The highest BCUT2D eigenvalue weighted by atomic mass is 32.1. The molecule has 0 radical (unpaired) electrons. The molecule has 0 aliphatic carbocycles. The Kier molecular flexibility index (Phi) is 5.03. The molecular formula is C17H19FN2O2S. The number of aromatic nitrogens is 1. The Balaban J connectivity index is 1.72. The Hall–Kier alpha value is -1.79. The van der Waals surface area contributed by atoms with Crippen molar-refractivity contribution >= 4 is 17.2 Å². The van der Waals surface area contributed by atoms with Crippen LogP contribution in [-0.2, 0) is 16.0 Å². The van der Waals surface area contributed by atoms with Crippen molar-refractivity contribution in [3.63, 3.8) is 0 Å². The molecule has 2 aromatic rings. The van der Waals surface area contributed by atoms with E-state index in [1.165, 1.54) is 23.5 Å². The van der Waals surface area contributed by atoms with Crippen molar-refractivity contribution in [2.45, 2.75) is 38.3 Å². The Labute approximate surface area is 138 Å². The minimum absolute atomic E-state index is 0.0680. The van der Waals surface area contributed by atoms with E-state index in [2.05, 4.69) is 10.3 Å². The van der Waals surface area contributed by atoms with E-state index in [1.54, 1.807) is 12.1 Å². The maximum absolute atomic E-state index is 13.2. The molecule has 1 saturated heterocycles. The van der Waals surface area contributed by atoms with Crippen LogP contribution in [0.2, 0.25) is 0 Å². The summed E-state index contributed by atoms with van der Waals surface area (Å²) < 4.78 is 18.9. The molecule has 1 aliphatic heterocycles. The normalized spacial score (nSPS) is 18.8. The lowest BCUT2D eigenvalue weighted by atomic mass is 9.99. The Bertz CT molecular complexity index is 665. The van der Waals surface area contributed by atoms with Gasteiger partial charge >= 0.3 is 0 Å². The van der Waals surface area contributed by atoms with E-state index in [-0.39, 0.29) is 30.3 Å². The molecule has 3 rings (SSSR count). The summed E-state index contributed by atoms with van der Waals surface area (Å²) in [4.78, 5) is 16.7. The van der Waals surface area contributed by atoms with Crippen LogP contribution in [0.25, 0.3) is 0 Å². The number of amides is 1.